The number of amides is 3. The topological polar surface area (TPSA) is 111 Å². The molecule has 0 spiro atoms. The standard InChI is InChI=1S/C17H24N6O3S/c1-4-26-11-5-10-23-14(13-6-8-19-9-7-13)21-22-17(23)27-12(2)15(24)20-16(25)18-3/h6-9,12H,4-5,10-11H2,1-3H3,(H2,18,20,24,25)/t12-/m1/s1. The third-order valence-corrected chi connectivity index (χ3v) is 4.73. The molecule has 0 aliphatic rings. The first-order valence-electron chi connectivity index (χ1n) is 8.67. The molecule has 9 nitrogen and oxygen atoms in total. The maximum Gasteiger partial charge on any atom is 0.321 e. The van der Waals surface area contributed by atoms with Gasteiger partial charge in [0.1, 0.15) is 0 Å². The average Bonchev–Trinajstić information content (AvgIpc) is 3.08. The lowest BCUT2D eigenvalue weighted by molar-refractivity contribution is -0.119. The molecule has 0 aromatic carbocycles. The molecule has 1 atom stereocenters. The number of pyridine rings is 1. The molecule has 3 amide bonds. The normalized spacial score (nSPS) is 11.8. The van der Waals surface area contributed by atoms with Gasteiger partial charge in [0, 0.05) is 44.8 Å². The Labute approximate surface area is 162 Å². The smallest absolute Gasteiger partial charge is 0.321 e. The number of thioether (sulfide) groups is 1. The zero-order valence-corrected chi connectivity index (χ0v) is 16.5. The molecule has 0 saturated carbocycles. The van der Waals surface area contributed by atoms with Crippen LogP contribution in [0.5, 0.6) is 0 Å². The second-order valence-corrected chi connectivity index (χ2v) is 6.88. The van der Waals surface area contributed by atoms with Crippen molar-refractivity contribution in [3.8, 4) is 11.4 Å². The molecule has 0 radical (unpaired) electrons. The summed E-state index contributed by atoms with van der Waals surface area (Å²) in [6.45, 7) is 5.61. The van der Waals surface area contributed by atoms with Crippen LogP contribution in [0.1, 0.15) is 20.3 Å². The van der Waals surface area contributed by atoms with Crippen molar-refractivity contribution in [3.05, 3.63) is 24.5 Å². The fourth-order valence-corrected chi connectivity index (χ4v) is 3.12. The Kier molecular flexibility index (Phi) is 8.21. The van der Waals surface area contributed by atoms with Crippen LogP contribution in [0.3, 0.4) is 0 Å². The van der Waals surface area contributed by atoms with Crippen LogP contribution in [-0.4, -0.2) is 57.2 Å². The number of hydrogen-bond donors (Lipinski definition) is 2. The fourth-order valence-electron chi connectivity index (χ4n) is 2.25. The van der Waals surface area contributed by atoms with E-state index in [-0.39, 0.29) is 0 Å². The van der Waals surface area contributed by atoms with E-state index in [9.17, 15) is 9.59 Å². The van der Waals surface area contributed by atoms with Crippen molar-refractivity contribution < 1.29 is 14.3 Å². The van der Waals surface area contributed by atoms with Crippen LogP contribution >= 0.6 is 11.8 Å². The first kappa shape index (κ1) is 20.8. The van der Waals surface area contributed by atoms with Crippen LogP contribution in [-0.2, 0) is 16.1 Å². The van der Waals surface area contributed by atoms with E-state index in [0.29, 0.717) is 30.7 Å². The Morgan fingerprint density at radius 2 is 2.04 bits per heavy atom. The van der Waals surface area contributed by atoms with Gasteiger partial charge >= 0.3 is 6.03 Å². The van der Waals surface area contributed by atoms with Gasteiger partial charge in [-0.25, -0.2) is 4.79 Å². The van der Waals surface area contributed by atoms with Gasteiger partial charge in [-0.15, -0.1) is 10.2 Å². The Bertz CT molecular complexity index is 752. The maximum atomic E-state index is 12.1. The third-order valence-electron chi connectivity index (χ3n) is 3.65. The number of rotatable bonds is 9. The number of carbonyl (C=O) groups excluding carboxylic acids is 2. The van der Waals surface area contributed by atoms with Gasteiger partial charge < -0.3 is 14.6 Å². The monoisotopic (exact) mass is 392 g/mol. The minimum Gasteiger partial charge on any atom is -0.382 e. The van der Waals surface area contributed by atoms with E-state index in [1.54, 1.807) is 19.3 Å². The Morgan fingerprint density at radius 3 is 2.70 bits per heavy atom. The lowest BCUT2D eigenvalue weighted by atomic mass is 10.2. The van der Waals surface area contributed by atoms with Gasteiger partial charge in [0.15, 0.2) is 11.0 Å². The SMILES string of the molecule is CCOCCCn1c(S[C@H](C)C(=O)NC(=O)NC)nnc1-c1ccncc1. The quantitative estimate of drug-likeness (QED) is 0.493. The van der Waals surface area contributed by atoms with Gasteiger partial charge in [-0.1, -0.05) is 11.8 Å². The van der Waals surface area contributed by atoms with E-state index >= 15 is 0 Å². The summed E-state index contributed by atoms with van der Waals surface area (Å²) in [6.07, 6.45) is 4.18. The van der Waals surface area contributed by atoms with E-state index in [2.05, 4.69) is 25.8 Å². The Morgan fingerprint density at radius 1 is 1.30 bits per heavy atom. The second-order valence-electron chi connectivity index (χ2n) is 5.57. The second kappa shape index (κ2) is 10.6. The van der Waals surface area contributed by atoms with Gasteiger partial charge in [0.2, 0.25) is 5.91 Å². The summed E-state index contributed by atoms with van der Waals surface area (Å²) in [5, 5.41) is 13.3. The highest BCUT2D eigenvalue weighted by molar-refractivity contribution is 8.00. The number of urea groups is 1. The number of carbonyl (C=O) groups is 2. The predicted molar refractivity (Wildman–Crippen MR) is 102 cm³/mol. The summed E-state index contributed by atoms with van der Waals surface area (Å²) in [5.74, 6) is 0.309. The molecule has 27 heavy (non-hydrogen) atoms. The van der Waals surface area contributed by atoms with Crippen LogP contribution < -0.4 is 10.6 Å². The van der Waals surface area contributed by atoms with Gasteiger partial charge in [0.25, 0.3) is 0 Å². The molecule has 2 heterocycles. The van der Waals surface area contributed by atoms with E-state index in [0.717, 1.165) is 12.0 Å². The molecule has 0 saturated heterocycles. The molecule has 0 bridgehead atoms. The first-order chi connectivity index (χ1) is 13.1. The van der Waals surface area contributed by atoms with E-state index in [4.69, 9.17) is 4.74 Å². The molecule has 0 unspecified atom stereocenters. The minimum absolute atomic E-state index is 0.395. The highest BCUT2D eigenvalue weighted by atomic mass is 32.2. The Balaban J connectivity index is 2.18. The molecular weight excluding hydrogens is 368 g/mol. The summed E-state index contributed by atoms with van der Waals surface area (Å²) < 4.78 is 7.37. The number of aromatic nitrogens is 4. The van der Waals surface area contributed by atoms with Gasteiger partial charge in [-0.2, -0.15) is 0 Å². The zero-order chi connectivity index (χ0) is 19.6. The van der Waals surface area contributed by atoms with Crippen LogP contribution in [0.2, 0.25) is 0 Å². The van der Waals surface area contributed by atoms with Crippen LogP contribution in [0.25, 0.3) is 11.4 Å². The van der Waals surface area contributed by atoms with Gasteiger partial charge in [0.05, 0.1) is 5.25 Å². The summed E-state index contributed by atoms with van der Waals surface area (Å²) in [4.78, 5) is 27.5. The average molecular weight is 392 g/mol. The van der Waals surface area contributed by atoms with E-state index < -0.39 is 17.2 Å². The largest absolute Gasteiger partial charge is 0.382 e. The van der Waals surface area contributed by atoms with Crippen molar-refractivity contribution in [1.82, 2.24) is 30.4 Å². The number of hydrogen-bond acceptors (Lipinski definition) is 7. The number of nitrogens with zero attached hydrogens (tertiary/aromatic N) is 4. The van der Waals surface area contributed by atoms with Gasteiger partial charge in [-0.05, 0) is 32.4 Å². The molecule has 2 aromatic rings. The number of ether oxygens (including phenoxy) is 1. The molecule has 0 aliphatic heterocycles. The van der Waals surface area contributed by atoms with Crippen molar-refractivity contribution in [3.63, 3.8) is 0 Å². The predicted octanol–water partition coefficient (Wildman–Crippen LogP) is 1.70. The molecule has 146 valence electrons. The van der Waals surface area contributed by atoms with Crippen molar-refractivity contribution in [2.24, 2.45) is 0 Å². The molecule has 0 aliphatic carbocycles. The number of imide groups is 1. The van der Waals surface area contributed by atoms with E-state index in [1.807, 2.05) is 23.6 Å². The molecule has 0 fully saturated rings. The molecule has 2 rings (SSSR count). The number of nitrogens with one attached hydrogen (secondary N) is 2. The Hall–Kier alpha value is -2.46. The van der Waals surface area contributed by atoms with Gasteiger partial charge in [-0.3, -0.25) is 15.1 Å². The van der Waals surface area contributed by atoms with Crippen molar-refractivity contribution >= 4 is 23.7 Å². The highest BCUT2D eigenvalue weighted by Gasteiger charge is 2.21. The highest BCUT2D eigenvalue weighted by Crippen LogP contribution is 2.27. The molecule has 2 N–H and O–H groups in total. The molecule has 2 aromatic heterocycles. The zero-order valence-electron chi connectivity index (χ0n) is 15.6. The van der Waals surface area contributed by atoms with Crippen molar-refractivity contribution in [1.29, 1.82) is 0 Å². The summed E-state index contributed by atoms with van der Waals surface area (Å²) in [7, 11) is 1.45. The third kappa shape index (κ3) is 6.04. The molecule has 10 heteroatoms. The summed E-state index contributed by atoms with van der Waals surface area (Å²) in [5.41, 5.74) is 0.892. The van der Waals surface area contributed by atoms with Crippen LogP contribution in [0, 0.1) is 0 Å². The summed E-state index contributed by atoms with van der Waals surface area (Å²) in [6, 6.07) is 3.18. The van der Waals surface area contributed by atoms with E-state index in [1.165, 1.54) is 18.8 Å². The van der Waals surface area contributed by atoms with Crippen LogP contribution in [0.4, 0.5) is 4.79 Å². The molecular formula is C17H24N6O3S. The fraction of sp³-hybridized carbons (Fsp3) is 0.471. The van der Waals surface area contributed by atoms with Crippen molar-refractivity contribution in [2.75, 3.05) is 20.3 Å². The summed E-state index contributed by atoms with van der Waals surface area (Å²) >= 11 is 1.25. The lowest BCUT2D eigenvalue weighted by Gasteiger charge is -2.13. The lowest BCUT2D eigenvalue weighted by Crippen LogP contribution is -2.41. The minimum atomic E-state index is -0.539. The van der Waals surface area contributed by atoms with Crippen molar-refractivity contribution in [2.45, 2.75) is 37.2 Å². The maximum absolute atomic E-state index is 12.1. The van der Waals surface area contributed by atoms with Crippen LogP contribution in [0.15, 0.2) is 29.7 Å². The first-order valence-corrected chi connectivity index (χ1v) is 9.55.